The Labute approximate surface area is 142 Å². The van der Waals surface area contributed by atoms with Crippen molar-refractivity contribution in [3.8, 4) is 22.6 Å². The topological polar surface area (TPSA) is 59.7 Å². The second-order valence-electron chi connectivity index (χ2n) is 4.60. The first-order chi connectivity index (χ1) is 10.5. The van der Waals surface area contributed by atoms with Crippen LogP contribution in [0.4, 0.5) is 0 Å². The third-order valence-electron chi connectivity index (χ3n) is 3.32. The Bertz CT molecular complexity index is 931. The molecule has 0 aliphatic carbocycles. The quantitative estimate of drug-likeness (QED) is 0.646. The predicted molar refractivity (Wildman–Crippen MR) is 91.5 cm³/mol. The molecule has 1 N–H and O–H groups in total. The second kappa shape index (κ2) is 5.78. The molecule has 1 heterocycles. The fourth-order valence-electron chi connectivity index (χ4n) is 2.19. The summed E-state index contributed by atoms with van der Waals surface area (Å²) in [6.45, 7) is 0. The molecule has 0 spiro atoms. The number of fused-ring (bicyclic) bond motifs is 1. The Balaban J connectivity index is 2.25. The Hall–Kier alpha value is -1.79. The van der Waals surface area contributed by atoms with Crippen LogP contribution in [0.15, 0.2) is 54.8 Å². The van der Waals surface area contributed by atoms with Crippen LogP contribution in [0.1, 0.15) is 0 Å². The van der Waals surface area contributed by atoms with Crippen molar-refractivity contribution < 1.29 is 14.3 Å². The van der Waals surface area contributed by atoms with E-state index in [0.29, 0.717) is 32.3 Å². The van der Waals surface area contributed by atoms with Gasteiger partial charge in [-0.05, 0) is 61.7 Å². The summed E-state index contributed by atoms with van der Waals surface area (Å²) in [7, 11) is 1.58. The largest absolute Gasteiger partial charge is 0.507 e. The molecule has 0 saturated heterocycles. The average molecular weight is 426 g/mol. The van der Waals surface area contributed by atoms with Crippen LogP contribution < -0.4 is 10.2 Å². The van der Waals surface area contributed by atoms with Crippen molar-refractivity contribution in [2.75, 3.05) is 7.11 Å². The highest BCUT2D eigenvalue weighted by molar-refractivity contribution is 9.11. The number of phenols is 1. The summed E-state index contributed by atoms with van der Waals surface area (Å²) in [4.78, 5) is 12.6. The molecule has 0 aliphatic rings. The zero-order valence-corrected chi connectivity index (χ0v) is 14.6. The molecule has 112 valence electrons. The van der Waals surface area contributed by atoms with E-state index in [2.05, 4.69) is 31.9 Å². The van der Waals surface area contributed by atoms with E-state index in [1.165, 1.54) is 12.3 Å². The molecule has 0 saturated carbocycles. The van der Waals surface area contributed by atoms with E-state index in [1.54, 1.807) is 31.4 Å². The van der Waals surface area contributed by atoms with Gasteiger partial charge >= 0.3 is 0 Å². The minimum absolute atomic E-state index is 0.0237. The van der Waals surface area contributed by atoms with Crippen LogP contribution in [0, 0.1) is 0 Å². The van der Waals surface area contributed by atoms with Crippen molar-refractivity contribution in [1.29, 1.82) is 0 Å². The molecule has 0 radical (unpaired) electrons. The number of benzene rings is 2. The summed E-state index contributed by atoms with van der Waals surface area (Å²) in [5.74, 6) is 0.706. The van der Waals surface area contributed by atoms with Gasteiger partial charge in [0.15, 0.2) is 5.58 Å². The lowest BCUT2D eigenvalue weighted by molar-refractivity contribution is 0.412. The lowest BCUT2D eigenvalue weighted by Gasteiger charge is -2.07. The van der Waals surface area contributed by atoms with Crippen molar-refractivity contribution in [3.05, 3.63) is 55.8 Å². The van der Waals surface area contributed by atoms with Crippen molar-refractivity contribution >= 4 is 42.8 Å². The van der Waals surface area contributed by atoms with Crippen LogP contribution in [0.5, 0.6) is 11.5 Å². The van der Waals surface area contributed by atoms with Crippen LogP contribution >= 0.6 is 31.9 Å². The van der Waals surface area contributed by atoms with Gasteiger partial charge in [0, 0.05) is 0 Å². The van der Waals surface area contributed by atoms with Crippen molar-refractivity contribution in [1.82, 2.24) is 0 Å². The SMILES string of the molecule is COc1ccc(-c2coc3c(Br)c(O)ccc3c2=O)cc1Br. The number of aromatic hydroxyl groups is 1. The predicted octanol–water partition coefficient (Wildman–Crippen LogP) is 4.70. The lowest BCUT2D eigenvalue weighted by atomic mass is 10.1. The molecule has 4 nitrogen and oxygen atoms in total. The maximum absolute atomic E-state index is 12.6. The third kappa shape index (κ3) is 2.42. The normalized spacial score (nSPS) is 10.9. The number of halogens is 2. The molecule has 0 atom stereocenters. The van der Waals surface area contributed by atoms with Crippen molar-refractivity contribution in [3.63, 3.8) is 0 Å². The van der Waals surface area contributed by atoms with Gasteiger partial charge < -0.3 is 14.3 Å². The molecule has 0 fully saturated rings. The molecule has 0 unspecified atom stereocenters. The van der Waals surface area contributed by atoms with E-state index >= 15 is 0 Å². The van der Waals surface area contributed by atoms with Crippen LogP contribution in [-0.4, -0.2) is 12.2 Å². The van der Waals surface area contributed by atoms with Crippen LogP contribution in [0.2, 0.25) is 0 Å². The highest BCUT2D eigenvalue weighted by atomic mass is 79.9. The van der Waals surface area contributed by atoms with E-state index in [4.69, 9.17) is 9.15 Å². The summed E-state index contributed by atoms with van der Waals surface area (Å²) < 4.78 is 11.8. The third-order valence-corrected chi connectivity index (χ3v) is 4.71. The highest BCUT2D eigenvalue weighted by Crippen LogP contribution is 2.33. The molecule has 0 aliphatic heterocycles. The molecule has 6 heteroatoms. The molecule has 3 aromatic rings. The average Bonchev–Trinajstić information content (AvgIpc) is 2.51. The maximum Gasteiger partial charge on any atom is 0.200 e. The van der Waals surface area contributed by atoms with Gasteiger partial charge in [0.25, 0.3) is 0 Å². The van der Waals surface area contributed by atoms with Gasteiger partial charge in [-0.15, -0.1) is 0 Å². The fraction of sp³-hybridized carbons (Fsp3) is 0.0625. The summed E-state index contributed by atoms with van der Waals surface area (Å²) in [5.41, 5.74) is 1.31. The zero-order valence-electron chi connectivity index (χ0n) is 11.4. The van der Waals surface area contributed by atoms with Crippen LogP contribution in [-0.2, 0) is 0 Å². The zero-order chi connectivity index (χ0) is 15.9. The van der Waals surface area contributed by atoms with Crippen molar-refractivity contribution in [2.24, 2.45) is 0 Å². The van der Waals surface area contributed by atoms with E-state index in [9.17, 15) is 9.90 Å². The first kappa shape index (κ1) is 15.1. The molecule has 22 heavy (non-hydrogen) atoms. The number of methoxy groups -OCH3 is 1. The Morgan fingerprint density at radius 2 is 1.95 bits per heavy atom. The molecular formula is C16H10Br2O4. The van der Waals surface area contributed by atoms with E-state index in [0.717, 1.165) is 4.47 Å². The summed E-state index contributed by atoms with van der Waals surface area (Å²) in [6.07, 6.45) is 1.39. The van der Waals surface area contributed by atoms with Gasteiger partial charge in [-0.1, -0.05) is 6.07 Å². The van der Waals surface area contributed by atoms with Gasteiger partial charge in [-0.3, -0.25) is 4.79 Å². The summed E-state index contributed by atoms with van der Waals surface area (Å²) in [6, 6.07) is 8.36. The number of hydrogen-bond acceptors (Lipinski definition) is 4. The van der Waals surface area contributed by atoms with E-state index in [-0.39, 0.29) is 11.2 Å². The first-order valence-corrected chi connectivity index (χ1v) is 7.88. The van der Waals surface area contributed by atoms with Gasteiger partial charge in [0.1, 0.15) is 22.2 Å². The van der Waals surface area contributed by atoms with E-state index in [1.807, 2.05) is 0 Å². The number of rotatable bonds is 2. The summed E-state index contributed by atoms with van der Waals surface area (Å²) >= 11 is 6.62. The second-order valence-corrected chi connectivity index (χ2v) is 6.25. The van der Waals surface area contributed by atoms with Gasteiger partial charge in [-0.25, -0.2) is 0 Å². The van der Waals surface area contributed by atoms with Gasteiger partial charge in [0.05, 0.1) is 22.5 Å². The fourth-order valence-corrected chi connectivity index (χ4v) is 3.17. The maximum atomic E-state index is 12.6. The Morgan fingerprint density at radius 1 is 1.18 bits per heavy atom. The van der Waals surface area contributed by atoms with Crippen LogP contribution in [0.3, 0.4) is 0 Å². The van der Waals surface area contributed by atoms with E-state index < -0.39 is 0 Å². The van der Waals surface area contributed by atoms with Crippen LogP contribution in [0.25, 0.3) is 22.1 Å². The lowest BCUT2D eigenvalue weighted by Crippen LogP contribution is -2.05. The van der Waals surface area contributed by atoms with Gasteiger partial charge in [-0.2, -0.15) is 0 Å². The standard InChI is InChI=1S/C16H10Br2O4/c1-21-13-5-2-8(6-11(13)17)10-7-22-16-9(15(10)20)3-4-12(19)14(16)18/h2-7,19H,1H3. The molecule has 3 rings (SSSR count). The highest BCUT2D eigenvalue weighted by Gasteiger charge is 2.14. The molecule has 1 aromatic heterocycles. The summed E-state index contributed by atoms with van der Waals surface area (Å²) in [5, 5.41) is 10.1. The first-order valence-electron chi connectivity index (χ1n) is 6.30. The smallest absolute Gasteiger partial charge is 0.200 e. The monoisotopic (exact) mass is 424 g/mol. The molecular weight excluding hydrogens is 416 g/mol. The minimum Gasteiger partial charge on any atom is -0.507 e. The number of hydrogen-bond donors (Lipinski definition) is 1. The Morgan fingerprint density at radius 3 is 2.64 bits per heavy atom. The number of ether oxygens (including phenoxy) is 1. The minimum atomic E-state index is -0.168. The molecule has 0 amide bonds. The molecule has 0 bridgehead atoms. The molecule has 2 aromatic carbocycles. The van der Waals surface area contributed by atoms with Gasteiger partial charge in [0.2, 0.25) is 5.43 Å². The Kier molecular flexibility index (Phi) is 3.97. The number of phenolic OH excluding ortho intramolecular Hbond substituents is 1. The van der Waals surface area contributed by atoms with Crippen molar-refractivity contribution in [2.45, 2.75) is 0 Å².